The lowest BCUT2D eigenvalue weighted by Crippen LogP contribution is -2.56. The maximum absolute atomic E-state index is 12.7. The van der Waals surface area contributed by atoms with E-state index in [1.807, 2.05) is 0 Å². The molecule has 3 rings (SSSR count). The van der Waals surface area contributed by atoms with E-state index in [2.05, 4.69) is 9.97 Å². The Hall–Kier alpha value is -2.47. The van der Waals surface area contributed by atoms with Gasteiger partial charge in [0.2, 0.25) is 11.9 Å². The fourth-order valence-electron chi connectivity index (χ4n) is 3.83. The van der Waals surface area contributed by atoms with Crippen molar-refractivity contribution in [3.63, 3.8) is 0 Å². The summed E-state index contributed by atoms with van der Waals surface area (Å²) in [7, 11) is 0. The molecule has 9 nitrogen and oxygen atoms in total. The summed E-state index contributed by atoms with van der Waals surface area (Å²) in [5.74, 6) is -1.42. The Kier molecular flexibility index (Phi) is 6.46. The van der Waals surface area contributed by atoms with Crippen LogP contribution in [0.4, 0.5) is 19.1 Å². The molecule has 1 aromatic heterocycles. The zero-order valence-corrected chi connectivity index (χ0v) is 16.5. The molecule has 2 fully saturated rings. The molecular formula is C18H25F3N6O3. The van der Waals surface area contributed by atoms with Crippen LogP contribution in [-0.4, -0.2) is 71.1 Å². The summed E-state index contributed by atoms with van der Waals surface area (Å²) in [5, 5.41) is 0. The van der Waals surface area contributed by atoms with Crippen LogP contribution >= 0.6 is 0 Å². The van der Waals surface area contributed by atoms with Crippen molar-refractivity contribution in [3.05, 3.63) is 18.0 Å². The molecule has 2 unspecified atom stereocenters. The molecule has 0 spiro atoms. The zero-order valence-electron chi connectivity index (χ0n) is 16.5. The summed E-state index contributed by atoms with van der Waals surface area (Å²) in [5.41, 5.74) is 10.3. The number of hydrogen-bond donors (Lipinski definition) is 2. The molecule has 30 heavy (non-hydrogen) atoms. The van der Waals surface area contributed by atoms with Gasteiger partial charge in [-0.05, 0) is 13.3 Å². The highest BCUT2D eigenvalue weighted by atomic mass is 19.4. The van der Waals surface area contributed by atoms with Crippen molar-refractivity contribution in [2.75, 3.05) is 31.1 Å². The highest BCUT2D eigenvalue weighted by molar-refractivity contribution is 5.85. The van der Waals surface area contributed by atoms with Crippen molar-refractivity contribution in [3.8, 4) is 0 Å². The number of halogens is 3. The van der Waals surface area contributed by atoms with Crippen molar-refractivity contribution >= 4 is 17.8 Å². The molecular weight excluding hydrogens is 405 g/mol. The fraction of sp³-hybridized carbons (Fsp3) is 0.667. The number of amides is 2. The number of nitrogens with zero attached hydrogens (tertiary/aromatic N) is 4. The minimum atomic E-state index is -4.53. The first-order valence-electron chi connectivity index (χ1n) is 9.69. The lowest BCUT2D eigenvalue weighted by Gasteiger charge is -2.41. The van der Waals surface area contributed by atoms with Gasteiger partial charge in [-0.3, -0.25) is 9.59 Å². The molecule has 2 saturated heterocycles. The van der Waals surface area contributed by atoms with E-state index in [9.17, 15) is 22.8 Å². The second-order valence-electron chi connectivity index (χ2n) is 7.70. The molecule has 3 heterocycles. The lowest BCUT2D eigenvalue weighted by atomic mass is 9.90. The molecule has 0 radical (unpaired) electrons. The summed E-state index contributed by atoms with van der Waals surface area (Å²) in [6.07, 6.45) is -2.81. The summed E-state index contributed by atoms with van der Waals surface area (Å²) < 4.78 is 43.7. The fourth-order valence-corrected chi connectivity index (χ4v) is 3.83. The lowest BCUT2D eigenvalue weighted by molar-refractivity contribution is -0.142. The number of primary amides is 1. The molecule has 0 aromatic carbocycles. The molecule has 4 atom stereocenters. The van der Waals surface area contributed by atoms with Crippen LogP contribution in [0, 0.1) is 5.92 Å². The first kappa shape index (κ1) is 22.2. The smallest absolute Gasteiger partial charge is 0.369 e. The van der Waals surface area contributed by atoms with Gasteiger partial charge in [-0.2, -0.15) is 13.2 Å². The van der Waals surface area contributed by atoms with Gasteiger partial charge < -0.3 is 26.0 Å². The molecule has 0 saturated carbocycles. The summed E-state index contributed by atoms with van der Waals surface area (Å²) in [6, 6.07) is -0.609. The van der Waals surface area contributed by atoms with E-state index >= 15 is 0 Å². The molecule has 0 aliphatic carbocycles. The van der Waals surface area contributed by atoms with Gasteiger partial charge in [0, 0.05) is 50.5 Å². The predicted octanol–water partition coefficient (Wildman–Crippen LogP) is 0.140. The average molecular weight is 430 g/mol. The molecule has 2 amide bonds. The number of ether oxygens (including phenoxy) is 1. The van der Waals surface area contributed by atoms with Gasteiger partial charge in [-0.25, -0.2) is 9.97 Å². The van der Waals surface area contributed by atoms with Gasteiger partial charge in [0.25, 0.3) is 5.91 Å². The van der Waals surface area contributed by atoms with Crippen molar-refractivity contribution in [2.24, 2.45) is 17.4 Å². The first-order chi connectivity index (χ1) is 14.1. The number of nitrogens with two attached hydrogens (primary N) is 2. The van der Waals surface area contributed by atoms with E-state index in [4.69, 9.17) is 16.2 Å². The Morgan fingerprint density at radius 1 is 1.30 bits per heavy atom. The average Bonchev–Trinajstić information content (AvgIpc) is 3.05. The van der Waals surface area contributed by atoms with Crippen LogP contribution in [-0.2, 0) is 20.5 Å². The number of likely N-dealkylation sites (tertiary alicyclic amines) is 1. The number of alkyl halides is 3. The van der Waals surface area contributed by atoms with Crippen LogP contribution in [0.3, 0.4) is 0 Å². The third-order valence-corrected chi connectivity index (χ3v) is 5.34. The van der Waals surface area contributed by atoms with E-state index in [0.29, 0.717) is 38.3 Å². The van der Waals surface area contributed by atoms with Crippen LogP contribution in [0.5, 0.6) is 0 Å². The van der Waals surface area contributed by atoms with Crippen LogP contribution < -0.4 is 16.4 Å². The van der Waals surface area contributed by atoms with Crippen LogP contribution in [0.15, 0.2) is 12.4 Å². The van der Waals surface area contributed by atoms with Gasteiger partial charge in [0.05, 0.1) is 18.1 Å². The highest BCUT2D eigenvalue weighted by Gasteiger charge is 2.44. The maximum atomic E-state index is 12.7. The molecule has 166 valence electrons. The van der Waals surface area contributed by atoms with E-state index in [1.54, 1.807) is 16.7 Å². The number of rotatable bonds is 6. The van der Waals surface area contributed by atoms with Crippen molar-refractivity contribution < 1.29 is 27.5 Å². The molecule has 1 aromatic rings. The summed E-state index contributed by atoms with van der Waals surface area (Å²) in [6.45, 7) is 2.95. The first-order valence-corrected chi connectivity index (χ1v) is 9.69. The SMILES string of the molecule is C[C@H](N)CO[C@@H]1CCN(C2CCN(c3ncc(C(F)(F)F)cn3)CC2C(N)=O)C1=O. The standard InChI is InChI=1S/C18H25F3N6O3/c1-10(22)9-30-14-3-5-27(16(14)29)13-2-4-26(8-12(13)15(23)28)17-24-6-11(7-25-17)18(19,20)21/h6-7,10,12-14H,2-5,8-9,22H2,1H3,(H2,23,28)/t10-,12?,13?,14+/m0/s1. The van der Waals surface area contributed by atoms with E-state index in [0.717, 1.165) is 0 Å². The monoisotopic (exact) mass is 430 g/mol. The number of aromatic nitrogens is 2. The topological polar surface area (TPSA) is 128 Å². The second kappa shape index (κ2) is 8.72. The minimum absolute atomic E-state index is 0.0820. The van der Waals surface area contributed by atoms with Gasteiger partial charge in [-0.1, -0.05) is 0 Å². The van der Waals surface area contributed by atoms with E-state index in [-0.39, 0.29) is 31.0 Å². The van der Waals surface area contributed by atoms with E-state index < -0.39 is 35.7 Å². The minimum Gasteiger partial charge on any atom is -0.369 e. The highest BCUT2D eigenvalue weighted by Crippen LogP contribution is 2.31. The number of carbonyl (C=O) groups is 2. The zero-order chi connectivity index (χ0) is 22.1. The van der Waals surface area contributed by atoms with Gasteiger partial charge in [0.15, 0.2) is 0 Å². The van der Waals surface area contributed by atoms with Crippen LogP contribution in [0.25, 0.3) is 0 Å². The van der Waals surface area contributed by atoms with Crippen LogP contribution in [0.1, 0.15) is 25.3 Å². The number of piperidine rings is 1. The Balaban J connectivity index is 1.69. The Bertz CT molecular complexity index is 773. The maximum Gasteiger partial charge on any atom is 0.419 e. The summed E-state index contributed by atoms with van der Waals surface area (Å²) in [4.78, 5) is 35.6. The Morgan fingerprint density at radius 3 is 2.53 bits per heavy atom. The number of anilines is 1. The number of hydrogen-bond acceptors (Lipinski definition) is 7. The number of carbonyl (C=O) groups excluding carboxylic acids is 2. The molecule has 4 N–H and O–H groups in total. The summed E-state index contributed by atoms with van der Waals surface area (Å²) >= 11 is 0. The quantitative estimate of drug-likeness (QED) is 0.657. The van der Waals surface area contributed by atoms with Crippen LogP contribution in [0.2, 0.25) is 0 Å². The van der Waals surface area contributed by atoms with Crippen molar-refractivity contribution in [2.45, 2.75) is 44.1 Å². The molecule has 12 heteroatoms. The third-order valence-electron chi connectivity index (χ3n) is 5.34. The predicted molar refractivity (Wildman–Crippen MR) is 100 cm³/mol. The van der Waals surface area contributed by atoms with Crippen molar-refractivity contribution in [1.82, 2.24) is 14.9 Å². The molecule has 2 aliphatic rings. The Morgan fingerprint density at radius 2 is 1.97 bits per heavy atom. The van der Waals surface area contributed by atoms with Gasteiger partial charge in [-0.15, -0.1) is 0 Å². The van der Waals surface area contributed by atoms with Gasteiger partial charge in [0.1, 0.15) is 6.10 Å². The molecule has 2 aliphatic heterocycles. The Labute approximate surface area is 171 Å². The van der Waals surface area contributed by atoms with E-state index in [1.165, 1.54) is 0 Å². The van der Waals surface area contributed by atoms with Gasteiger partial charge >= 0.3 is 6.18 Å². The third kappa shape index (κ3) is 4.81. The molecule has 0 bridgehead atoms. The normalized spacial score (nSPS) is 26.2. The second-order valence-corrected chi connectivity index (χ2v) is 7.70. The largest absolute Gasteiger partial charge is 0.419 e. The van der Waals surface area contributed by atoms with Crippen molar-refractivity contribution in [1.29, 1.82) is 0 Å².